The van der Waals surface area contributed by atoms with Crippen LogP contribution in [0, 0.1) is 11.5 Å². The van der Waals surface area contributed by atoms with E-state index >= 15 is 0 Å². The van der Waals surface area contributed by atoms with Gasteiger partial charge in [0.2, 0.25) is 6.19 Å². The monoisotopic (exact) mass is 297 g/mol. The van der Waals surface area contributed by atoms with Crippen LogP contribution in [0.5, 0.6) is 0 Å². The fourth-order valence-corrected chi connectivity index (χ4v) is 5.54. The van der Waals surface area contributed by atoms with Gasteiger partial charge in [0.15, 0.2) is 0 Å². The Morgan fingerprint density at radius 3 is 3.05 bits per heavy atom. The lowest BCUT2D eigenvalue weighted by Crippen LogP contribution is -2.24. The molecule has 2 heterocycles. The van der Waals surface area contributed by atoms with E-state index in [0.29, 0.717) is 10.9 Å². The molecule has 0 spiro atoms. The molecule has 0 aromatic carbocycles. The van der Waals surface area contributed by atoms with E-state index in [-0.39, 0.29) is 11.2 Å². The Kier molecular flexibility index (Phi) is 4.43. The Labute approximate surface area is 119 Å². The Balaban J connectivity index is 2.38. The van der Waals surface area contributed by atoms with Crippen molar-refractivity contribution < 1.29 is 4.21 Å². The zero-order chi connectivity index (χ0) is 13.9. The summed E-state index contributed by atoms with van der Waals surface area (Å²) in [5.74, 6) is 0.653. The van der Waals surface area contributed by atoms with Crippen molar-refractivity contribution in [1.82, 2.24) is 4.98 Å². The lowest BCUT2D eigenvalue weighted by molar-refractivity contribution is 0.584. The topological polar surface area (TPSA) is 66.1 Å². The highest BCUT2D eigenvalue weighted by Crippen LogP contribution is 2.36. The van der Waals surface area contributed by atoms with Crippen molar-refractivity contribution in [3.8, 4) is 6.19 Å². The van der Waals surface area contributed by atoms with Gasteiger partial charge in [-0.25, -0.2) is 9.19 Å². The van der Waals surface area contributed by atoms with Crippen molar-refractivity contribution in [1.29, 1.82) is 5.26 Å². The Morgan fingerprint density at radius 1 is 1.68 bits per heavy atom. The van der Waals surface area contributed by atoms with Crippen LogP contribution in [-0.2, 0) is 9.73 Å². The summed E-state index contributed by atoms with van der Waals surface area (Å²) in [5.41, 5.74) is 1.03. The fraction of sp³-hybridized carbons (Fsp3) is 0.538. The van der Waals surface area contributed by atoms with Crippen LogP contribution in [0.1, 0.15) is 37.7 Å². The van der Waals surface area contributed by atoms with Crippen LogP contribution in [0.25, 0.3) is 0 Å². The molecule has 0 amide bonds. The highest BCUT2D eigenvalue weighted by Gasteiger charge is 2.36. The smallest absolute Gasteiger partial charge is 0.214 e. The molecule has 1 fully saturated rings. The fourth-order valence-electron chi connectivity index (χ4n) is 2.79. The maximum Gasteiger partial charge on any atom is 0.214 e. The average molecular weight is 298 g/mol. The molecule has 4 nitrogen and oxygen atoms in total. The first-order valence-corrected chi connectivity index (χ1v) is 8.46. The third-order valence-corrected chi connectivity index (χ3v) is 6.66. The van der Waals surface area contributed by atoms with Gasteiger partial charge in [-0.3, -0.25) is 0 Å². The molecule has 1 aliphatic heterocycles. The van der Waals surface area contributed by atoms with E-state index in [1.54, 1.807) is 18.5 Å². The number of hydrogen-bond acceptors (Lipinski definition) is 4. The van der Waals surface area contributed by atoms with Crippen molar-refractivity contribution in [2.45, 2.75) is 37.4 Å². The van der Waals surface area contributed by atoms with E-state index < -0.39 is 9.73 Å². The summed E-state index contributed by atoms with van der Waals surface area (Å²) in [6.45, 7) is 2.06. The van der Waals surface area contributed by atoms with Crippen molar-refractivity contribution in [3.63, 3.8) is 0 Å². The molecule has 0 bridgehead atoms. The second kappa shape index (κ2) is 5.89. The van der Waals surface area contributed by atoms with Crippen LogP contribution in [0.15, 0.2) is 22.7 Å². The standard InChI is InChI=1S/C13H16ClN3OS/c1-2-11(10-5-6-13(14)16-8-10)12-4-3-7-19(12,18)17-9-15/h5-6,8,11-12H,2-4,7H2,1H3. The summed E-state index contributed by atoms with van der Waals surface area (Å²) >= 11 is 5.80. The second-order valence-corrected chi connectivity index (χ2v) is 7.66. The van der Waals surface area contributed by atoms with Gasteiger partial charge in [-0.2, -0.15) is 5.26 Å². The maximum atomic E-state index is 12.7. The van der Waals surface area contributed by atoms with Gasteiger partial charge in [-0.05, 0) is 30.9 Å². The normalized spacial score (nSPS) is 27.7. The number of halogens is 1. The predicted molar refractivity (Wildman–Crippen MR) is 76.4 cm³/mol. The van der Waals surface area contributed by atoms with Gasteiger partial charge in [-0.15, -0.1) is 4.36 Å². The van der Waals surface area contributed by atoms with E-state index in [4.69, 9.17) is 16.9 Å². The molecule has 2 rings (SSSR count). The summed E-state index contributed by atoms with van der Waals surface area (Å²) < 4.78 is 16.5. The molecule has 1 aromatic rings. The van der Waals surface area contributed by atoms with Gasteiger partial charge in [-0.1, -0.05) is 24.6 Å². The molecule has 1 aromatic heterocycles. The van der Waals surface area contributed by atoms with Crippen LogP contribution < -0.4 is 0 Å². The summed E-state index contributed by atoms with van der Waals surface area (Å²) in [5, 5.41) is 9.14. The SMILES string of the molecule is CCC(c1ccc(Cl)nc1)C1CCCS1(=O)=NC#N. The van der Waals surface area contributed by atoms with Crippen molar-refractivity contribution in [3.05, 3.63) is 29.0 Å². The molecule has 102 valence electrons. The van der Waals surface area contributed by atoms with Gasteiger partial charge >= 0.3 is 0 Å². The van der Waals surface area contributed by atoms with E-state index in [1.165, 1.54) is 0 Å². The number of hydrogen-bond donors (Lipinski definition) is 0. The number of nitrogens with zero attached hydrogens (tertiary/aromatic N) is 3. The van der Waals surface area contributed by atoms with Gasteiger partial charge in [0, 0.05) is 17.9 Å². The highest BCUT2D eigenvalue weighted by atomic mass is 35.5. The second-order valence-electron chi connectivity index (χ2n) is 4.69. The van der Waals surface area contributed by atoms with Gasteiger partial charge < -0.3 is 0 Å². The molecule has 19 heavy (non-hydrogen) atoms. The Morgan fingerprint density at radius 2 is 2.47 bits per heavy atom. The predicted octanol–water partition coefficient (Wildman–Crippen LogP) is 3.34. The Bertz CT molecular complexity index is 599. The molecule has 0 saturated carbocycles. The summed E-state index contributed by atoms with van der Waals surface area (Å²) in [4.78, 5) is 4.09. The molecule has 3 atom stereocenters. The Hall–Kier alpha value is -1.12. The van der Waals surface area contributed by atoms with Gasteiger partial charge in [0.1, 0.15) is 5.15 Å². The molecule has 6 heteroatoms. The molecule has 1 saturated heterocycles. The van der Waals surface area contributed by atoms with Crippen LogP contribution in [-0.4, -0.2) is 20.2 Å². The molecular weight excluding hydrogens is 282 g/mol. The number of nitriles is 1. The van der Waals surface area contributed by atoms with Crippen molar-refractivity contribution in [2.75, 3.05) is 5.75 Å². The van der Waals surface area contributed by atoms with E-state index in [9.17, 15) is 4.21 Å². The number of pyridine rings is 1. The molecule has 3 unspecified atom stereocenters. The van der Waals surface area contributed by atoms with Crippen molar-refractivity contribution in [2.24, 2.45) is 4.36 Å². The lowest BCUT2D eigenvalue weighted by Gasteiger charge is -2.23. The van der Waals surface area contributed by atoms with E-state index in [2.05, 4.69) is 16.3 Å². The highest BCUT2D eigenvalue weighted by molar-refractivity contribution is 7.94. The van der Waals surface area contributed by atoms with Crippen molar-refractivity contribution >= 4 is 21.3 Å². The maximum absolute atomic E-state index is 12.7. The largest absolute Gasteiger partial charge is 0.248 e. The summed E-state index contributed by atoms with van der Waals surface area (Å²) in [7, 11) is -2.41. The first-order chi connectivity index (χ1) is 9.10. The van der Waals surface area contributed by atoms with Crippen LogP contribution in [0.2, 0.25) is 5.15 Å². The average Bonchev–Trinajstić information content (AvgIpc) is 2.75. The third-order valence-electron chi connectivity index (χ3n) is 3.66. The third kappa shape index (κ3) is 2.90. The van der Waals surface area contributed by atoms with Gasteiger partial charge in [0.25, 0.3) is 0 Å². The minimum atomic E-state index is -2.41. The first kappa shape index (κ1) is 14.3. The number of aromatic nitrogens is 1. The lowest BCUT2D eigenvalue weighted by atomic mass is 9.92. The summed E-state index contributed by atoms with van der Waals surface area (Å²) in [6, 6.07) is 3.67. The first-order valence-electron chi connectivity index (χ1n) is 6.34. The molecule has 0 radical (unpaired) electrons. The van der Waals surface area contributed by atoms with E-state index in [1.807, 2.05) is 6.07 Å². The minimum absolute atomic E-state index is 0.0554. The quantitative estimate of drug-likeness (QED) is 0.635. The van der Waals surface area contributed by atoms with Crippen LogP contribution in [0.4, 0.5) is 0 Å². The van der Waals surface area contributed by atoms with E-state index in [0.717, 1.165) is 24.8 Å². The van der Waals surface area contributed by atoms with Crippen LogP contribution >= 0.6 is 11.6 Å². The summed E-state index contributed by atoms with van der Waals surface area (Å²) in [6.07, 6.45) is 6.04. The molecule has 0 N–H and O–H groups in total. The van der Waals surface area contributed by atoms with Gasteiger partial charge in [0.05, 0.1) is 15.0 Å². The zero-order valence-corrected chi connectivity index (χ0v) is 12.3. The zero-order valence-electron chi connectivity index (χ0n) is 10.8. The minimum Gasteiger partial charge on any atom is -0.248 e. The molecular formula is C13H16ClN3OS. The molecule has 0 aliphatic carbocycles. The number of rotatable bonds is 3. The molecule has 1 aliphatic rings. The van der Waals surface area contributed by atoms with Crippen LogP contribution in [0.3, 0.4) is 0 Å².